The van der Waals surface area contributed by atoms with Crippen LogP contribution in [-0.4, -0.2) is 47.8 Å². The number of benzene rings is 1. The Morgan fingerprint density at radius 2 is 1.63 bits per heavy atom. The number of nitro groups is 1. The Morgan fingerprint density at radius 1 is 1.13 bits per heavy atom. The number of nitro benzene ring substituents is 1. The minimum absolute atomic E-state index is 0.159. The summed E-state index contributed by atoms with van der Waals surface area (Å²) in [6.07, 6.45) is -7.03. The summed E-state index contributed by atoms with van der Waals surface area (Å²) in [5.41, 5.74) is -3.02. The van der Waals surface area contributed by atoms with E-state index >= 15 is 0 Å². The average Bonchev–Trinajstić information content (AvgIpc) is 3.00. The van der Waals surface area contributed by atoms with Gasteiger partial charge in [0.25, 0.3) is 5.69 Å². The number of hydrogen-bond donors (Lipinski definition) is 0. The first kappa shape index (κ1) is 24.2. The van der Waals surface area contributed by atoms with Crippen LogP contribution in [0.3, 0.4) is 0 Å². The van der Waals surface area contributed by atoms with E-state index in [9.17, 15) is 41.4 Å². The summed E-state index contributed by atoms with van der Waals surface area (Å²) >= 11 is 0. The van der Waals surface area contributed by atoms with Gasteiger partial charge in [0.2, 0.25) is 5.91 Å². The highest BCUT2D eigenvalue weighted by Gasteiger charge is 2.71. The zero-order valence-electron chi connectivity index (χ0n) is 15.8. The molecule has 1 fully saturated rings. The molecule has 2 rings (SSSR count). The summed E-state index contributed by atoms with van der Waals surface area (Å²) in [5.74, 6) is -6.66. The first-order chi connectivity index (χ1) is 13.8. The van der Waals surface area contributed by atoms with Crippen molar-refractivity contribution in [3.8, 4) is 0 Å². The van der Waals surface area contributed by atoms with Gasteiger partial charge in [0.15, 0.2) is 0 Å². The Morgan fingerprint density at radius 3 is 2.03 bits per heavy atom. The van der Waals surface area contributed by atoms with Gasteiger partial charge in [0.1, 0.15) is 6.04 Å². The lowest BCUT2D eigenvalue weighted by molar-refractivity contribution is -0.384. The van der Waals surface area contributed by atoms with E-state index < -0.39 is 60.0 Å². The highest BCUT2D eigenvalue weighted by molar-refractivity contribution is 7.54. The molecule has 1 saturated heterocycles. The number of hydrogen-bond acceptors (Lipinski definition) is 6. The van der Waals surface area contributed by atoms with Gasteiger partial charge in [-0.15, -0.1) is 0 Å². The maximum atomic E-state index is 14.6. The zero-order valence-corrected chi connectivity index (χ0v) is 16.7. The fourth-order valence-electron chi connectivity index (χ4n) is 3.20. The Hall–Kier alpha value is -2.11. The molecule has 0 spiro atoms. The number of alkyl halides is 5. The lowest BCUT2D eigenvalue weighted by Crippen LogP contribution is -2.57. The summed E-state index contributed by atoms with van der Waals surface area (Å²) < 4.78 is 91.8. The summed E-state index contributed by atoms with van der Waals surface area (Å²) in [6.45, 7) is 2.05. The second kappa shape index (κ2) is 8.56. The van der Waals surface area contributed by atoms with Crippen molar-refractivity contribution in [3.05, 3.63) is 34.4 Å². The third kappa shape index (κ3) is 4.33. The maximum Gasteiger partial charge on any atom is 0.455 e. The Balaban J connectivity index is 2.64. The molecule has 168 valence electrons. The van der Waals surface area contributed by atoms with Gasteiger partial charge in [-0.1, -0.05) is 0 Å². The first-order valence-electron chi connectivity index (χ1n) is 8.70. The van der Waals surface area contributed by atoms with Crippen LogP contribution in [0.2, 0.25) is 0 Å². The number of carbonyl (C=O) groups is 1. The van der Waals surface area contributed by atoms with Crippen LogP contribution in [0.5, 0.6) is 0 Å². The molecular weight excluding hydrogens is 442 g/mol. The van der Waals surface area contributed by atoms with E-state index in [-0.39, 0.29) is 18.1 Å². The van der Waals surface area contributed by atoms with Crippen LogP contribution in [0.25, 0.3) is 0 Å². The van der Waals surface area contributed by atoms with E-state index in [2.05, 4.69) is 0 Å². The number of anilines is 1. The van der Waals surface area contributed by atoms with Crippen molar-refractivity contribution in [1.29, 1.82) is 0 Å². The van der Waals surface area contributed by atoms with Crippen LogP contribution < -0.4 is 4.90 Å². The molecule has 1 aliphatic rings. The van der Waals surface area contributed by atoms with Crippen LogP contribution in [0, 0.1) is 10.1 Å². The highest BCUT2D eigenvalue weighted by atomic mass is 31.2. The van der Waals surface area contributed by atoms with Crippen LogP contribution in [0.4, 0.5) is 33.3 Å². The molecule has 0 unspecified atom stereocenters. The van der Waals surface area contributed by atoms with Crippen molar-refractivity contribution in [2.45, 2.75) is 44.1 Å². The van der Waals surface area contributed by atoms with Gasteiger partial charge in [-0.25, -0.2) is 0 Å². The molecule has 1 aliphatic heterocycles. The molecule has 14 heteroatoms. The SMILES string of the molecule is CCOP(=O)(OCC)[C@H]1CC(=O)N(c2ccc([N+](=O)[O-])cc2)[C@@H]1C(F)(F)C(F)(F)F. The minimum Gasteiger partial charge on any atom is -0.309 e. The standard InChI is InChI=1S/C16H18F5N2O6P/c1-3-28-30(27,29-4-2)12-9-13(24)22(14(12)15(17,18)16(19,20)21)10-5-7-11(8-6-10)23(25)26/h5-8,12,14H,3-4,9H2,1-2H3/t12-,14-/m0/s1. The van der Waals surface area contributed by atoms with Gasteiger partial charge in [-0.3, -0.25) is 19.5 Å². The summed E-state index contributed by atoms with van der Waals surface area (Å²) in [7, 11) is -4.56. The second-order valence-corrected chi connectivity index (χ2v) is 8.51. The molecule has 1 heterocycles. The molecule has 2 atom stereocenters. The molecule has 1 aromatic carbocycles. The molecule has 0 N–H and O–H groups in total. The number of amides is 1. The van der Waals surface area contributed by atoms with Gasteiger partial charge in [0, 0.05) is 24.2 Å². The van der Waals surface area contributed by atoms with Gasteiger partial charge >= 0.3 is 19.7 Å². The third-order valence-corrected chi connectivity index (χ3v) is 6.92. The first-order valence-corrected chi connectivity index (χ1v) is 10.3. The fraction of sp³-hybridized carbons (Fsp3) is 0.562. The predicted octanol–water partition coefficient (Wildman–Crippen LogP) is 4.53. The van der Waals surface area contributed by atoms with Crippen molar-refractivity contribution in [1.82, 2.24) is 0 Å². The maximum absolute atomic E-state index is 14.6. The van der Waals surface area contributed by atoms with Crippen molar-refractivity contribution < 1.29 is 45.3 Å². The monoisotopic (exact) mass is 460 g/mol. The lowest BCUT2D eigenvalue weighted by Gasteiger charge is -2.37. The molecule has 0 bridgehead atoms. The quantitative estimate of drug-likeness (QED) is 0.245. The Labute approximate surface area is 167 Å². The molecule has 30 heavy (non-hydrogen) atoms. The molecule has 0 aliphatic carbocycles. The van der Waals surface area contributed by atoms with Crippen molar-refractivity contribution in [2.75, 3.05) is 18.1 Å². The topological polar surface area (TPSA) is 99.0 Å². The smallest absolute Gasteiger partial charge is 0.309 e. The van der Waals surface area contributed by atoms with Crippen LogP contribution >= 0.6 is 7.60 Å². The number of rotatable bonds is 8. The number of carbonyl (C=O) groups excluding carboxylic acids is 1. The highest BCUT2D eigenvalue weighted by Crippen LogP contribution is 2.62. The van der Waals surface area contributed by atoms with E-state index in [0.717, 1.165) is 24.3 Å². The van der Waals surface area contributed by atoms with Crippen LogP contribution in [0.1, 0.15) is 20.3 Å². The Bertz CT molecular complexity index is 838. The second-order valence-electron chi connectivity index (χ2n) is 6.25. The van der Waals surface area contributed by atoms with Crippen molar-refractivity contribution in [2.24, 2.45) is 0 Å². The van der Waals surface area contributed by atoms with E-state index in [0.29, 0.717) is 0 Å². The predicted molar refractivity (Wildman–Crippen MR) is 94.6 cm³/mol. The van der Waals surface area contributed by atoms with E-state index in [1.165, 1.54) is 13.8 Å². The third-order valence-electron chi connectivity index (χ3n) is 4.41. The van der Waals surface area contributed by atoms with Crippen LogP contribution in [0.15, 0.2) is 24.3 Å². The molecule has 0 radical (unpaired) electrons. The summed E-state index contributed by atoms with van der Waals surface area (Å²) in [6, 6.07) is 0.497. The molecule has 0 saturated carbocycles. The van der Waals surface area contributed by atoms with Gasteiger partial charge in [0.05, 0.1) is 23.8 Å². The number of non-ortho nitro benzene ring substituents is 1. The van der Waals surface area contributed by atoms with Crippen molar-refractivity contribution >= 4 is 24.9 Å². The molecule has 0 aromatic heterocycles. The van der Waals surface area contributed by atoms with Crippen molar-refractivity contribution in [3.63, 3.8) is 0 Å². The number of nitrogens with zero attached hydrogens (tertiary/aromatic N) is 2. The normalized spacial score (nSPS) is 20.6. The zero-order chi connectivity index (χ0) is 22.9. The van der Waals surface area contributed by atoms with E-state index in [4.69, 9.17) is 9.05 Å². The molecule has 1 aromatic rings. The molecule has 1 amide bonds. The fourth-order valence-corrected chi connectivity index (χ4v) is 5.42. The molecule has 8 nitrogen and oxygen atoms in total. The number of halogens is 5. The van der Waals surface area contributed by atoms with Crippen LogP contribution in [-0.2, 0) is 18.4 Å². The van der Waals surface area contributed by atoms with E-state index in [1.807, 2.05) is 0 Å². The van der Waals surface area contributed by atoms with Gasteiger partial charge in [-0.2, -0.15) is 22.0 Å². The van der Waals surface area contributed by atoms with Gasteiger partial charge < -0.3 is 13.9 Å². The molecular formula is C16H18F5N2O6P. The summed E-state index contributed by atoms with van der Waals surface area (Å²) in [5, 5.41) is 10.8. The van der Waals surface area contributed by atoms with E-state index in [1.54, 1.807) is 0 Å². The van der Waals surface area contributed by atoms with Gasteiger partial charge in [-0.05, 0) is 26.0 Å². The largest absolute Gasteiger partial charge is 0.455 e. The summed E-state index contributed by atoms with van der Waals surface area (Å²) in [4.78, 5) is 22.6. The average molecular weight is 460 g/mol. The minimum atomic E-state index is -6.08. The Kier molecular flexibility index (Phi) is 6.89. The lowest BCUT2D eigenvalue weighted by atomic mass is 10.1.